The fourth-order valence-electron chi connectivity index (χ4n) is 3.17. The van der Waals surface area contributed by atoms with Crippen LogP contribution < -0.4 is 16.4 Å². The molecule has 2 aliphatic heterocycles. The number of anilines is 1. The first-order valence-electron chi connectivity index (χ1n) is 8.80. The maximum Gasteiger partial charge on any atom is 0.264 e. The van der Waals surface area contributed by atoms with Crippen LogP contribution in [0, 0.1) is 0 Å². The largest absolute Gasteiger partial charge is 0.382 e. The van der Waals surface area contributed by atoms with E-state index in [0.717, 1.165) is 4.90 Å². The number of carbonyl (C=O) groups is 5. The summed E-state index contributed by atoms with van der Waals surface area (Å²) in [4.78, 5) is 60.9. The second-order valence-corrected chi connectivity index (χ2v) is 6.52. The van der Waals surface area contributed by atoms with E-state index in [2.05, 4.69) is 10.6 Å². The van der Waals surface area contributed by atoms with E-state index in [-0.39, 0.29) is 37.1 Å². The van der Waals surface area contributed by atoms with Gasteiger partial charge < -0.3 is 15.8 Å². The van der Waals surface area contributed by atoms with E-state index in [1.165, 1.54) is 13.0 Å². The highest BCUT2D eigenvalue weighted by Gasteiger charge is 2.45. The lowest BCUT2D eigenvalue weighted by molar-refractivity contribution is -0.136. The summed E-state index contributed by atoms with van der Waals surface area (Å²) in [7, 11) is 0. The van der Waals surface area contributed by atoms with E-state index in [9.17, 15) is 24.0 Å². The van der Waals surface area contributed by atoms with Crippen molar-refractivity contribution in [3.05, 3.63) is 29.3 Å². The third-order valence-corrected chi connectivity index (χ3v) is 4.65. The quantitative estimate of drug-likeness (QED) is 0.417. The van der Waals surface area contributed by atoms with Gasteiger partial charge in [-0.2, -0.15) is 0 Å². The van der Waals surface area contributed by atoms with Crippen molar-refractivity contribution in [2.45, 2.75) is 31.9 Å². The Morgan fingerprint density at radius 3 is 2.75 bits per heavy atom. The molecule has 28 heavy (non-hydrogen) atoms. The van der Waals surface area contributed by atoms with Crippen LogP contribution in [0.15, 0.2) is 18.2 Å². The first-order valence-corrected chi connectivity index (χ1v) is 8.80. The van der Waals surface area contributed by atoms with Crippen molar-refractivity contribution in [1.29, 1.82) is 0 Å². The van der Waals surface area contributed by atoms with E-state index in [4.69, 9.17) is 10.5 Å². The van der Waals surface area contributed by atoms with Crippen molar-refractivity contribution in [3.63, 3.8) is 0 Å². The predicted molar refractivity (Wildman–Crippen MR) is 96.2 cm³/mol. The fourth-order valence-corrected chi connectivity index (χ4v) is 3.17. The molecule has 2 atom stereocenters. The lowest BCUT2D eigenvalue weighted by Crippen LogP contribution is -2.54. The summed E-state index contributed by atoms with van der Waals surface area (Å²) in [6.07, 6.45) is -0.586. The van der Waals surface area contributed by atoms with Crippen molar-refractivity contribution in [2.24, 2.45) is 5.73 Å². The highest BCUT2D eigenvalue weighted by Crippen LogP contribution is 2.32. The summed E-state index contributed by atoms with van der Waals surface area (Å²) in [5, 5.41) is 5.16. The maximum absolute atomic E-state index is 12.9. The molecule has 0 saturated carbocycles. The number of fused-ring (bicyclic) bond motifs is 1. The van der Waals surface area contributed by atoms with Crippen molar-refractivity contribution in [1.82, 2.24) is 10.2 Å². The summed E-state index contributed by atoms with van der Waals surface area (Å²) in [5.41, 5.74) is 5.89. The molecular formula is C18H20N4O6. The molecule has 5 amide bonds. The molecule has 0 spiro atoms. The van der Waals surface area contributed by atoms with Gasteiger partial charge in [-0.3, -0.25) is 34.2 Å². The Balaban J connectivity index is 1.74. The molecular weight excluding hydrogens is 368 g/mol. The van der Waals surface area contributed by atoms with Crippen LogP contribution in [0.2, 0.25) is 0 Å². The molecule has 3 rings (SSSR count). The molecule has 10 nitrogen and oxygen atoms in total. The molecule has 0 bridgehead atoms. The summed E-state index contributed by atoms with van der Waals surface area (Å²) in [6, 6.07) is 3.75. The normalized spacial score (nSPS) is 20.0. The fraction of sp³-hybridized carbons (Fsp3) is 0.389. The number of ether oxygens (including phenoxy) is 1. The SMILES string of the molecule is CC(OCCNc1cccc2c1C(=O)N(C1CCC(=O)NC1=O)C2=O)C(N)=O. The number of hydrogen-bond acceptors (Lipinski definition) is 7. The van der Waals surface area contributed by atoms with Crippen LogP contribution in [-0.4, -0.2) is 59.7 Å². The second kappa shape index (κ2) is 7.77. The average Bonchev–Trinajstić information content (AvgIpc) is 2.90. The van der Waals surface area contributed by atoms with Crippen LogP contribution in [0.4, 0.5) is 5.69 Å². The number of amides is 5. The van der Waals surface area contributed by atoms with E-state index < -0.39 is 41.7 Å². The van der Waals surface area contributed by atoms with Gasteiger partial charge in [-0.15, -0.1) is 0 Å². The summed E-state index contributed by atoms with van der Waals surface area (Å²) in [6.45, 7) is 1.96. The lowest BCUT2D eigenvalue weighted by Gasteiger charge is -2.27. The predicted octanol–water partition coefficient (Wildman–Crippen LogP) is -0.610. The number of carbonyl (C=O) groups excluding carboxylic acids is 5. The van der Waals surface area contributed by atoms with Crippen LogP contribution in [0.5, 0.6) is 0 Å². The van der Waals surface area contributed by atoms with E-state index >= 15 is 0 Å². The molecule has 1 saturated heterocycles. The zero-order chi connectivity index (χ0) is 20.4. The Morgan fingerprint density at radius 1 is 1.32 bits per heavy atom. The molecule has 1 fully saturated rings. The van der Waals surface area contributed by atoms with Crippen LogP contribution >= 0.6 is 0 Å². The van der Waals surface area contributed by atoms with Gasteiger partial charge >= 0.3 is 0 Å². The molecule has 1 aromatic rings. The molecule has 0 aliphatic carbocycles. The minimum Gasteiger partial charge on any atom is -0.382 e. The minimum atomic E-state index is -1.02. The zero-order valence-electron chi connectivity index (χ0n) is 15.2. The van der Waals surface area contributed by atoms with Crippen molar-refractivity contribution >= 4 is 35.2 Å². The van der Waals surface area contributed by atoms with Gasteiger partial charge in [0, 0.05) is 18.7 Å². The Labute approximate surface area is 160 Å². The summed E-state index contributed by atoms with van der Waals surface area (Å²) >= 11 is 0. The van der Waals surface area contributed by atoms with Gasteiger partial charge in [-0.1, -0.05) is 6.07 Å². The Morgan fingerprint density at radius 2 is 2.07 bits per heavy atom. The smallest absolute Gasteiger partial charge is 0.264 e. The van der Waals surface area contributed by atoms with Crippen LogP contribution in [0.25, 0.3) is 0 Å². The number of nitrogens with two attached hydrogens (primary N) is 1. The Bertz CT molecular complexity index is 868. The molecule has 0 radical (unpaired) electrons. The maximum atomic E-state index is 12.9. The Kier molecular flexibility index (Phi) is 5.41. The molecule has 10 heteroatoms. The number of nitrogens with one attached hydrogen (secondary N) is 2. The van der Waals surface area contributed by atoms with Gasteiger partial charge in [-0.25, -0.2) is 0 Å². The summed E-state index contributed by atoms with van der Waals surface area (Å²) in [5.74, 6) is -2.83. The standard InChI is InChI=1S/C18H20N4O6/c1-9(15(19)24)28-8-7-20-11-4-2-3-10-14(11)18(27)22(17(10)26)12-5-6-13(23)21-16(12)25/h2-4,9,12,20H,5-8H2,1H3,(H2,19,24)(H,21,23,25). The van der Waals surface area contributed by atoms with Crippen molar-refractivity contribution in [2.75, 3.05) is 18.5 Å². The monoisotopic (exact) mass is 388 g/mol. The molecule has 2 unspecified atom stereocenters. The number of piperidine rings is 1. The number of primary amides is 1. The molecule has 4 N–H and O–H groups in total. The number of rotatable bonds is 7. The van der Waals surface area contributed by atoms with Crippen LogP contribution in [-0.2, 0) is 19.1 Å². The third kappa shape index (κ3) is 3.58. The zero-order valence-corrected chi connectivity index (χ0v) is 15.2. The van der Waals surface area contributed by atoms with Crippen molar-refractivity contribution in [3.8, 4) is 0 Å². The number of hydrogen-bond donors (Lipinski definition) is 3. The first kappa shape index (κ1) is 19.5. The molecule has 148 valence electrons. The highest BCUT2D eigenvalue weighted by atomic mass is 16.5. The second-order valence-electron chi connectivity index (χ2n) is 6.52. The van der Waals surface area contributed by atoms with Crippen molar-refractivity contribution < 1.29 is 28.7 Å². The van der Waals surface area contributed by atoms with E-state index in [0.29, 0.717) is 5.69 Å². The molecule has 2 aliphatic rings. The topological polar surface area (TPSA) is 148 Å². The van der Waals surface area contributed by atoms with Gasteiger partial charge in [-0.05, 0) is 25.5 Å². The number of imide groups is 2. The third-order valence-electron chi connectivity index (χ3n) is 4.65. The molecule has 0 aromatic heterocycles. The van der Waals surface area contributed by atoms with Gasteiger partial charge in [0.05, 0.1) is 17.7 Å². The molecule has 1 aromatic carbocycles. The summed E-state index contributed by atoms with van der Waals surface area (Å²) < 4.78 is 5.25. The number of benzene rings is 1. The number of nitrogens with zero attached hydrogens (tertiary/aromatic N) is 1. The van der Waals surface area contributed by atoms with E-state index in [1.54, 1.807) is 12.1 Å². The van der Waals surface area contributed by atoms with Gasteiger partial charge in [0.2, 0.25) is 17.7 Å². The van der Waals surface area contributed by atoms with Crippen LogP contribution in [0.1, 0.15) is 40.5 Å². The van der Waals surface area contributed by atoms with Gasteiger partial charge in [0.15, 0.2) is 0 Å². The highest BCUT2D eigenvalue weighted by molar-refractivity contribution is 6.25. The first-order chi connectivity index (χ1) is 13.3. The average molecular weight is 388 g/mol. The van der Waals surface area contributed by atoms with Crippen LogP contribution in [0.3, 0.4) is 0 Å². The van der Waals surface area contributed by atoms with E-state index in [1.807, 2.05) is 0 Å². The molecule has 2 heterocycles. The minimum absolute atomic E-state index is 0.0598. The Hall–Kier alpha value is -3.27. The van der Waals surface area contributed by atoms with Gasteiger partial charge in [0.25, 0.3) is 11.8 Å². The van der Waals surface area contributed by atoms with Gasteiger partial charge in [0.1, 0.15) is 12.1 Å². The lowest BCUT2D eigenvalue weighted by atomic mass is 10.0.